The van der Waals surface area contributed by atoms with E-state index < -0.39 is 18.3 Å². The Bertz CT molecular complexity index is 675. The SMILES string of the molecule is CCNC(=O)CCCC=CC[C@@H]1[C@@H](C=C[C@@H](O)COc2ccccc2)[C@H](O)C[C@@H]1O. The average molecular weight is 418 g/mol. The van der Waals surface area contributed by atoms with Crippen molar-refractivity contribution in [1.82, 2.24) is 5.32 Å². The van der Waals surface area contributed by atoms with Gasteiger partial charge in [-0.2, -0.15) is 0 Å². The van der Waals surface area contributed by atoms with Gasteiger partial charge in [0.2, 0.25) is 5.91 Å². The minimum Gasteiger partial charge on any atom is -0.491 e. The third-order valence-electron chi connectivity index (χ3n) is 5.36. The molecule has 2 rings (SSSR count). The largest absolute Gasteiger partial charge is 0.491 e. The van der Waals surface area contributed by atoms with Crippen LogP contribution in [0.25, 0.3) is 0 Å². The number of rotatable bonds is 12. The second-order valence-electron chi connectivity index (χ2n) is 7.74. The van der Waals surface area contributed by atoms with Crippen molar-refractivity contribution >= 4 is 5.91 Å². The van der Waals surface area contributed by atoms with Gasteiger partial charge in [-0.15, -0.1) is 0 Å². The molecule has 4 N–H and O–H groups in total. The minimum absolute atomic E-state index is 0.0697. The van der Waals surface area contributed by atoms with Gasteiger partial charge in [0.25, 0.3) is 0 Å². The lowest BCUT2D eigenvalue weighted by Crippen LogP contribution is -2.22. The summed E-state index contributed by atoms with van der Waals surface area (Å²) in [5, 5.41) is 33.6. The van der Waals surface area contributed by atoms with E-state index in [0.717, 1.165) is 12.8 Å². The number of amides is 1. The fourth-order valence-electron chi connectivity index (χ4n) is 3.75. The van der Waals surface area contributed by atoms with E-state index in [1.54, 1.807) is 12.2 Å². The molecule has 0 spiro atoms. The van der Waals surface area contributed by atoms with Crippen LogP contribution >= 0.6 is 0 Å². The molecule has 6 nitrogen and oxygen atoms in total. The summed E-state index contributed by atoms with van der Waals surface area (Å²) in [6, 6.07) is 9.28. The molecular weight excluding hydrogens is 382 g/mol. The molecule has 1 aromatic carbocycles. The van der Waals surface area contributed by atoms with Gasteiger partial charge >= 0.3 is 0 Å². The number of hydrogen-bond acceptors (Lipinski definition) is 5. The van der Waals surface area contributed by atoms with Crippen LogP contribution in [0.3, 0.4) is 0 Å². The predicted octanol–water partition coefficient (Wildman–Crippen LogP) is 2.59. The molecule has 1 aliphatic carbocycles. The van der Waals surface area contributed by atoms with E-state index in [4.69, 9.17) is 4.74 Å². The zero-order valence-corrected chi connectivity index (χ0v) is 17.7. The van der Waals surface area contributed by atoms with Crippen LogP contribution in [-0.4, -0.2) is 52.7 Å². The first-order chi connectivity index (χ1) is 14.5. The van der Waals surface area contributed by atoms with E-state index in [0.29, 0.717) is 31.6 Å². The van der Waals surface area contributed by atoms with Crippen molar-refractivity contribution in [3.63, 3.8) is 0 Å². The molecule has 5 atom stereocenters. The Morgan fingerprint density at radius 1 is 1.23 bits per heavy atom. The van der Waals surface area contributed by atoms with Gasteiger partial charge in [0.15, 0.2) is 0 Å². The Balaban J connectivity index is 1.78. The molecule has 30 heavy (non-hydrogen) atoms. The fourth-order valence-corrected chi connectivity index (χ4v) is 3.75. The van der Waals surface area contributed by atoms with Gasteiger partial charge in [-0.3, -0.25) is 4.79 Å². The summed E-state index contributed by atoms with van der Waals surface area (Å²) >= 11 is 0. The summed E-state index contributed by atoms with van der Waals surface area (Å²) in [5.74, 6) is 0.446. The topological polar surface area (TPSA) is 99.0 Å². The highest BCUT2D eigenvalue weighted by Gasteiger charge is 2.39. The quantitative estimate of drug-likeness (QED) is 0.310. The maximum atomic E-state index is 11.4. The number of benzene rings is 1. The lowest BCUT2D eigenvalue weighted by molar-refractivity contribution is -0.121. The maximum Gasteiger partial charge on any atom is 0.219 e. The van der Waals surface area contributed by atoms with Gasteiger partial charge in [0.05, 0.1) is 12.2 Å². The highest BCUT2D eigenvalue weighted by molar-refractivity contribution is 5.75. The number of carbonyl (C=O) groups is 1. The molecular formula is C24H35NO5. The Morgan fingerprint density at radius 2 is 2.00 bits per heavy atom. The molecule has 0 heterocycles. The molecule has 1 aliphatic rings. The minimum atomic E-state index is -0.791. The normalized spacial score (nSPS) is 25.1. The van der Waals surface area contributed by atoms with Crippen LogP contribution in [0.15, 0.2) is 54.6 Å². The number of aliphatic hydroxyl groups is 3. The molecule has 1 saturated carbocycles. The van der Waals surface area contributed by atoms with Gasteiger partial charge in [0, 0.05) is 25.3 Å². The van der Waals surface area contributed by atoms with Crippen LogP contribution in [0.4, 0.5) is 0 Å². The standard InChI is InChI=1S/C24H35NO5/c1-2-25-24(29)13-9-4-3-8-12-20-21(23(28)16-22(20)27)15-14-18(26)17-30-19-10-6-5-7-11-19/h3,5-8,10-11,14-15,18,20-23,26-28H,2,4,9,12-13,16-17H2,1H3,(H,25,29)/t18-,20-,21-,22+,23-/m1/s1. The highest BCUT2D eigenvalue weighted by atomic mass is 16.5. The molecule has 1 amide bonds. The summed E-state index contributed by atoms with van der Waals surface area (Å²) < 4.78 is 5.54. The van der Waals surface area contributed by atoms with E-state index in [1.165, 1.54) is 0 Å². The van der Waals surface area contributed by atoms with Crippen molar-refractivity contribution in [1.29, 1.82) is 0 Å². The average Bonchev–Trinajstić information content (AvgIpc) is 3.00. The smallest absolute Gasteiger partial charge is 0.219 e. The summed E-state index contributed by atoms with van der Waals surface area (Å²) in [5.41, 5.74) is 0. The monoisotopic (exact) mass is 417 g/mol. The third-order valence-corrected chi connectivity index (χ3v) is 5.36. The van der Waals surface area contributed by atoms with Crippen molar-refractivity contribution in [3.8, 4) is 5.75 Å². The Labute approximate surface area is 179 Å². The van der Waals surface area contributed by atoms with Crippen molar-refractivity contribution in [2.75, 3.05) is 13.2 Å². The molecule has 166 valence electrons. The van der Waals surface area contributed by atoms with Crippen molar-refractivity contribution in [2.24, 2.45) is 11.8 Å². The third kappa shape index (κ3) is 8.30. The number of allylic oxidation sites excluding steroid dienone is 2. The van der Waals surface area contributed by atoms with E-state index in [9.17, 15) is 20.1 Å². The lowest BCUT2D eigenvalue weighted by atomic mass is 9.89. The summed E-state index contributed by atoms with van der Waals surface area (Å²) in [6.45, 7) is 2.68. The Hall–Kier alpha value is -2.15. The van der Waals surface area contributed by atoms with Crippen LogP contribution in [0.5, 0.6) is 5.75 Å². The molecule has 0 aliphatic heterocycles. The molecule has 0 saturated heterocycles. The summed E-state index contributed by atoms with van der Waals surface area (Å²) in [4.78, 5) is 11.4. The number of carbonyl (C=O) groups excluding carboxylic acids is 1. The first-order valence-corrected chi connectivity index (χ1v) is 10.8. The van der Waals surface area contributed by atoms with Gasteiger partial charge in [-0.25, -0.2) is 0 Å². The van der Waals surface area contributed by atoms with Gasteiger partial charge in [0.1, 0.15) is 18.5 Å². The second kappa shape index (κ2) is 13.2. The maximum absolute atomic E-state index is 11.4. The Morgan fingerprint density at radius 3 is 2.73 bits per heavy atom. The number of unbranched alkanes of at least 4 members (excludes halogenated alkanes) is 1. The van der Waals surface area contributed by atoms with Gasteiger partial charge in [-0.05, 0) is 44.2 Å². The van der Waals surface area contributed by atoms with Gasteiger partial charge < -0.3 is 25.4 Å². The van der Waals surface area contributed by atoms with Crippen LogP contribution in [0, 0.1) is 11.8 Å². The molecule has 0 aromatic heterocycles. The zero-order valence-electron chi connectivity index (χ0n) is 17.7. The Kier molecular flexibility index (Phi) is 10.6. The number of ether oxygens (including phenoxy) is 1. The van der Waals surface area contributed by atoms with Crippen LogP contribution in [0.1, 0.15) is 39.0 Å². The van der Waals surface area contributed by atoms with Crippen molar-refractivity contribution in [2.45, 2.75) is 57.3 Å². The van der Waals surface area contributed by atoms with E-state index in [2.05, 4.69) is 5.32 Å². The fraction of sp³-hybridized carbons (Fsp3) is 0.542. The van der Waals surface area contributed by atoms with E-state index in [1.807, 2.05) is 49.4 Å². The molecule has 1 fully saturated rings. The number of para-hydroxylation sites is 1. The first kappa shape index (κ1) is 24.1. The van der Waals surface area contributed by atoms with E-state index in [-0.39, 0.29) is 24.3 Å². The first-order valence-electron chi connectivity index (χ1n) is 10.8. The number of aliphatic hydroxyl groups excluding tert-OH is 3. The van der Waals surface area contributed by atoms with Crippen molar-refractivity contribution in [3.05, 3.63) is 54.6 Å². The molecule has 6 heteroatoms. The highest BCUT2D eigenvalue weighted by Crippen LogP contribution is 2.36. The molecule has 0 unspecified atom stereocenters. The van der Waals surface area contributed by atoms with Crippen LogP contribution in [-0.2, 0) is 4.79 Å². The lowest BCUT2D eigenvalue weighted by Gasteiger charge is -2.19. The summed E-state index contributed by atoms with van der Waals surface area (Å²) in [6.07, 6.45) is 8.56. The molecule has 1 aromatic rings. The number of hydrogen-bond donors (Lipinski definition) is 4. The second-order valence-corrected chi connectivity index (χ2v) is 7.74. The van der Waals surface area contributed by atoms with Crippen LogP contribution < -0.4 is 10.1 Å². The van der Waals surface area contributed by atoms with Crippen LogP contribution in [0.2, 0.25) is 0 Å². The predicted molar refractivity (Wildman–Crippen MR) is 117 cm³/mol. The van der Waals surface area contributed by atoms with Crippen molar-refractivity contribution < 1.29 is 24.9 Å². The molecule has 0 bridgehead atoms. The van der Waals surface area contributed by atoms with Gasteiger partial charge in [-0.1, -0.05) is 42.5 Å². The molecule has 0 radical (unpaired) electrons. The zero-order chi connectivity index (χ0) is 21.8. The van der Waals surface area contributed by atoms with E-state index >= 15 is 0 Å². The summed E-state index contributed by atoms with van der Waals surface area (Å²) in [7, 11) is 0. The number of nitrogens with one attached hydrogen (secondary N) is 1.